The van der Waals surface area contributed by atoms with Crippen LogP contribution in [0.3, 0.4) is 0 Å². The molecule has 0 fully saturated rings. The second-order valence-electron chi connectivity index (χ2n) is 3.82. The molecule has 0 radical (unpaired) electrons. The number of amides is 1. The molecule has 0 aliphatic carbocycles. The number of hydrogen-bond acceptors (Lipinski definition) is 1. The monoisotopic (exact) mass is 285 g/mol. The van der Waals surface area contributed by atoms with Crippen molar-refractivity contribution in [3.63, 3.8) is 0 Å². The van der Waals surface area contributed by atoms with Crippen LogP contribution in [-0.4, -0.2) is 12.1 Å². The van der Waals surface area contributed by atoms with Crippen molar-refractivity contribution in [2.75, 3.05) is 0 Å². The summed E-state index contributed by atoms with van der Waals surface area (Å²) in [4.78, 5) is 10.7. The van der Waals surface area contributed by atoms with Gasteiger partial charge in [0.1, 0.15) is 0 Å². The minimum Gasteiger partial charge on any atom is -0.342 e. The van der Waals surface area contributed by atoms with E-state index in [-0.39, 0.29) is 5.56 Å². The summed E-state index contributed by atoms with van der Waals surface area (Å²) >= 11 is 0. The third kappa shape index (κ3) is 4.15. The number of hydrogen-bond donors (Lipinski definition) is 1. The molecule has 2 nitrogen and oxygen atoms in total. The second-order valence-corrected chi connectivity index (χ2v) is 3.82. The molecule has 0 aliphatic rings. The van der Waals surface area contributed by atoms with Crippen molar-refractivity contribution < 1.29 is 31.1 Å². The van der Waals surface area contributed by atoms with E-state index in [4.69, 9.17) is 0 Å². The molecule has 0 heterocycles. The number of carbonyl (C=O) groups excluding carboxylic acids is 1. The summed E-state index contributed by atoms with van der Waals surface area (Å²) in [5, 5.41) is 1.58. The number of nitrogens with one attached hydrogen (secondary N) is 1. The Bertz CT molecular complexity index is 465. The lowest BCUT2D eigenvalue weighted by Gasteiger charge is -2.17. The van der Waals surface area contributed by atoms with Gasteiger partial charge in [-0.05, 0) is 24.6 Å². The molecule has 1 unspecified atom stereocenters. The zero-order valence-corrected chi connectivity index (χ0v) is 9.56. The first-order valence-corrected chi connectivity index (χ1v) is 5.06. The van der Waals surface area contributed by atoms with Crippen LogP contribution in [0, 0.1) is 0 Å². The molecule has 0 aliphatic heterocycles. The molecule has 1 aromatic rings. The molecule has 1 rings (SSSR count). The summed E-state index contributed by atoms with van der Waals surface area (Å²) in [6.45, 7) is 1.17. The highest BCUT2D eigenvalue weighted by molar-refractivity contribution is 5.82. The van der Waals surface area contributed by atoms with Gasteiger partial charge in [0.2, 0.25) is 0 Å². The zero-order chi connectivity index (χ0) is 14.8. The number of rotatable bonds is 2. The number of benzene rings is 1. The number of alkyl halides is 6. The summed E-state index contributed by atoms with van der Waals surface area (Å²) in [6, 6.07) is 2.57. The first kappa shape index (κ1) is 15.3. The molecule has 0 saturated carbocycles. The van der Waals surface area contributed by atoms with Crippen molar-refractivity contribution >= 4 is 5.91 Å². The lowest BCUT2D eigenvalue weighted by Crippen LogP contribution is -2.38. The molecule has 1 amide bonds. The fourth-order valence-electron chi connectivity index (χ4n) is 1.35. The summed E-state index contributed by atoms with van der Waals surface area (Å²) in [6.07, 6.45) is -9.67. The Morgan fingerprint density at radius 2 is 1.74 bits per heavy atom. The van der Waals surface area contributed by atoms with Crippen LogP contribution < -0.4 is 5.32 Å². The molecule has 19 heavy (non-hydrogen) atoms. The van der Waals surface area contributed by atoms with Crippen molar-refractivity contribution in [2.24, 2.45) is 0 Å². The smallest absolute Gasteiger partial charge is 0.342 e. The predicted octanol–water partition coefficient (Wildman–Crippen LogP) is 3.44. The van der Waals surface area contributed by atoms with Crippen molar-refractivity contribution in [3.05, 3.63) is 35.4 Å². The highest BCUT2D eigenvalue weighted by Gasteiger charge is 2.39. The van der Waals surface area contributed by atoms with E-state index in [2.05, 4.69) is 0 Å². The Kier molecular flexibility index (Phi) is 4.12. The molecule has 0 saturated heterocycles. The van der Waals surface area contributed by atoms with E-state index in [1.807, 2.05) is 0 Å². The molecule has 1 N–H and O–H groups in total. The average molecular weight is 285 g/mol. The van der Waals surface area contributed by atoms with Crippen LogP contribution in [0.4, 0.5) is 26.3 Å². The van der Waals surface area contributed by atoms with Gasteiger partial charge in [0.05, 0.1) is 11.6 Å². The molecule has 1 atom stereocenters. The summed E-state index contributed by atoms with van der Waals surface area (Å²) < 4.78 is 73.3. The Balaban J connectivity index is 2.89. The van der Waals surface area contributed by atoms with Crippen molar-refractivity contribution in [1.29, 1.82) is 0 Å². The van der Waals surface area contributed by atoms with Crippen molar-refractivity contribution in [2.45, 2.75) is 25.3 Å². The van der Waals surface area contributed by atoms with Gasteiger partial charge in [-0.1, -0.05) is 12.1 Å². The molecule has 8 heteroatoms. The Hall–Kier alpha value is -1.73. The zero-order valence-electron chi connectivity index (χ0n) is 9.56. The van der Waals surface area contributed by atoms with Gasteiger partial charge in [0, 0.05) is 0 Å². The van der Waals surface area contributed by atoms with Crippen LogP contribution in [0.1, 0.15) is 24.1 Å². The van der Waals surface area contributed by atoms with Crippen molar-refractivity contribution in [3.8, 4) is 0 Å². The summed E-state index contributed by atoms with van der Waals surface area (Å²) in [5.41, 5.74) is -1.05. The van der Waals surface area contributed by atoms with Gasteiger partial charge in [0.15, 0.2) is 0 Å². The van der Waals surface area contributed by atoms with Crippen molar-refractivity contribution in [1.82, 2.24) is 5.32 Å². The van der Waals surface area contributed by atoms with E-state index in [0.717, 1.165) is 12.1 Å². The maximum Gasteiger partial charge on any atom is 0.471 e. The molecule has 0 aromatic heterocycles. The lowest BCUT2D eigenvalue weighted by atomic mass is 10.0. The summed E-state index contributed by atoms with van der Waals surface area (Å²) in [7, 11) is 0. The molecular weight excluding hydrogens is 276 g/mol. The Labute approximate surface area is 104 Å². The van der Waals surface area contributed by atoms with Gasteiger partial charge in [-0.15, -0.1) is 0 Å². The quantitative estimate of drug-likeness (QED) is 0.828. The average Bonchev–Trinajstić information content (AvgIpc) is 2.26. The number of halogens is 6. The first-order valence-electron chi connectivity index (χ1n) is 5.06. The normalized spacial score (nSPS) is 14.1. The van der Waals surface area contributed by atoms with Crippen LogP contribution in [-0.2, 0) is 11.0 Å². The minimum absolute atomic E-state index is 0.0626. The van der Waals surface area contributed by atoms with Gasteiger partial charge >= 0.3 is 18.3 Å². The van der Waals surface area contributed by atoms with Crippen LogP contribution in [0.15, 0.2) is 24.3 Å². The van der Waals surface area contributed by atoms with E-state index >= 15 is 0 Å². The topological polar surface area (TPSA) is 29.1 Å². The number of carbonyl (C=O) groups is 1. The molecule has 106 valence electrons. The Morgan fingerprint density at radius 1 is 1.16 bits per heavy atom. The van der Waals surface area contributed by atoms with Crippen LogP contribution in [0.5, 0.6) is 0 Å². The fraction of sp³-hybridized carbons (Fsp3) is 0.364. The largest absolute Gasteiger partial charge is 0.471 e. The maximum absolute atomic E-state index is 12.4. The SMILES string of the molecule is CC(NC(=O)C(F)(F)F)c1cccc(C(F)(F)F)c1. The summed E-state index contributed by atoms with van der Waals surface area (Å²) in [5.74, 6) is -2.20. The van der Waals surface area contributed by atoms with Gasteiger partial charge in [-0.2, -0.15) is 26.3 Å². The van der Waals surface area contributed by atoms with E-state index < -0.39 is 29.9 Å². The predicted molar refractivity (Wildman–Crippen MR) is 54.1 cm³/mol. The highest BCUT2D eigenvalue weighted by atomic mass is 19.4. The molecule has 1 aromatic carbocycles. The van der Waals surface area contributed by atoms with Gasteiger partial charge in [0.25, 0.3) is 0 Å². The lowest BCUT2D eigenvalue weighted by molar-refractivity contribution is -0.174. The Morgan fingerprint density at radius 3 is 2.21 bits per heavy atom. The fourth-order valence-corrected chi connectivity index (χ4v) is 1.35. The van der Waals surface area contributed by atoms with E-state index in [1.54, 1.807) is 5.32 Å². The van der Waals surface area contributed by atoms with Gasteiger partial charge < -0.3 is 5.32 Å². The van der Waals surface area contributed by atoms with Gasteiger partial charge in [-0.25, -0.2) is 0 Å². The van der Waals surface area contributed by atoms with Crippen LogP contribution >= 0.6 is 0 Å². The second kappa shape index (κ2) is 5.10. The van der Waals surface area contributed by atoms with Crippen LogP contribution in [0.25, 0.3) is 0 Å². The maximum atomic E-state index is 12.4. The molecular formula is C11H9F6NO. The van der Waals surface area contributed by atoms with Gasteiger partial charge in [-0.3, -0.25) is 4.79 Å². The van der Waals surface area contributed by atoms with E-state index in [0.29, 0.717) is 6.07 Å². The minimum atomic E-state index is -5.07. The first-order chi connectivity index (χ1) is 8.51. The van der Waals surface area contributed by atoms with E-state index in [1.165, 1.54) is 13.0 Å². The molecule has 0 spiro atoms. The third-order valence-electron chi connectivity index (χ3n) is 2.32. The third-order valence-corrected chi connectivity index (χ3v) is 2.32. The highest BCUT2D eigenvalue weighted by Crippen LogP contribution is 2.30. The standard InChI is InChI=1S/C11H9F6NO/c1-6(18-9(19)11(15,16)17)7-3-2-4-8(5-7)10(12,13)14/h2-6H,1H3,(H,18,19). The molecule has 0 bridgehead atoms. The van der Waals surface area contributed by atoms with E-state index in [9.17, 15) is 31.1 Å². The van der Waals surface area contributed by atoms with Crippen LogP contribution in [0.2, 0.25) is 0 Å².